The summed E-state index contributed by atoms with van der Waals surface area (Å²) in [6.45, 7) is 4.35. The highest BCUT2D eigenvalue weighted by atomic mass is 16.2. The van der Waals surface area contributed by atoms with E-state index in [4.69, 9.17) is 0 Å². The number of rotatable bonds is 5. The molecule has 3 rings (SSSR count). The van der Waals surface area contributed by atoms with Gasteiger partial charge >= 0.3 is 6.03 Å². The van der Waals surface area contributed by atoms with Gasteiger partial charge in [0.25, 0.3) is 0 Å². The van der Waals surface area contributed by atoms with E-state index in [2.05, 4.69) is 36.1 Å². The van der Waals surface area contributed by atoms with Crippen LogP contribution in [0.3, 0.4) is 0 Å². The lowest BCUT2D eigenvalue weighted by molar-refractivity contribution is 0.247. The first-order valence-electron chi connectivity index (χ1n) is 7.76. The van der Waals surface area contributed by atoms with Gasteiger partial charge in [-0.25, -0.2) is 9.78 Å². The maximum Gasteiger partial charge on any atom is 0.319 e. The van der Waals surface area contributed by atoms with Crippen LogP contribution in [0, 0.1) is 6.92 Å². The number of carbonyl (C=O) groups is 1. The molecule has 2 aromatic heterocycles. The third-order valence-electron chi connectivity index (χ3n) is 3.56. The number of aryl methyl sites for hydroxylation is 2. The number of anilines is 1. The van der Waals surface area contributed by atoms with Crippen molar-refractivity contribution >= 4 is 11.7 Å². The van der Waals surface area contributed by atoms with E-state index in [1.807, 2.05) is 32.0 Å². The average molecular weight is 341 g/mol. The van der Waals surface area contributed by atoms with Crippen molar-refractivity contribution in [2.75, 3.05) is 5.32 Å². The van der Waals surface area contributed by atoms with Gasteiger partial charge in [0.1, 0.15) is 12.7 Å². The van der Waals surface area contributed by atoms with E-state index in [1.165, 1.54) is 11.1 Å². The van der Waals surface area contributed by atoms with E-state index in [0.717, 1.165) is 11.1 Å². The third kappa shape index (κ3) is 4.16. The van der Waals surface area contributed by atoms with Crippen molar-refractivity contribution in [2.24, 2.45) is 7.05 Å². The molecule has 2 heterocycles. The second kappa shape index (κ2) is 7.07. The van der Waals surface area contributed by atoms with Gasteiger partial charge < -0.3 is 10.6 Å². The molecule has 1 aromatic carbocycles. The molecule has 1 unspecified atom stereocenters. The van der Waals surface area contributed by atoms with Crippen molar-refractivity contribution in [2.45, 2.75) is 26.4 Å². The zero-order valence-electron chi connectivity index (χ0n) is 14.2. The number of hydrogen-bond donors (Lipinski definition) is 2. The Kier molecular flexibility index (Phi) is 4.68. The van der Waals surface area contributed by atoms with Gasteiger partial charge in [-0.1, -0.05) is 12.1 Å². The normalized spacial score (nSPS) is 12.0. The van der Waals surface area contributed by atoms with E-state index in [-0.39, 0.29) is 12.1 Å². The molecule has 2 N–H and O–H groups in total. The minimum Gasteiger partial charge on any atom is -0.334 e. The molecule has 0 radical (unpaired) electrons. The van der Waals surface area contributed by atoms with Crippen LogP contribution < -0.4 is 10.6 Å². The maximum absolute atomic E-state index is 12.2. The summed E-state index contributed by atoms with van der Waals surface area (Å²) < 4.78 is 1.66. The number of benzene rings is 1. The zero-order valence-corrected chi connectivity index (χ0v) is 14.2. The Labute approximate surface area is 144 Å². The molecule has 0 aliphatic rings. The van der Waals surface area contributed by atoms with Crippen molar-refractivity contribution in [1.82, 2.24) is 40.3 Å². The summed E-state index contributed by atoms with van der Waals surface area (Å²) in [4.78, 5) is 17.5. The fourth-order valence-corrected chi connectivity index (χ4v) is 2.33. The predicted octanol–water partition coefficient (Wildman–Crippen LogP) is 0.987. The van der Waals surface area contributed by atoms with Crippen LogP contribution in [0.25, 0.3) is 11.4 Å². The fourth-order valence-electron chi connectivity index (χ4n) is 2.33. The van der Waals surface area contributed by atoms with E-state index in [0.29, 0.717) is 18.1 Å². The van der Waals surface area contributed by atoms with Crippen LogP contribution >= 0.6 is 0 Å². The molecule has 10 heteroatoms. The Balaban J connectivity index is 1.66. The van der Waals surface area contributed by atoms with Gasteiger partial charge in [0, 0.05) is 17.3 Å². The molecule has 0 aliphatic heterocycles. The molecule has 0 bridgehead atoms. The predicted molar refractivity (Wildman–Crippen MR) is 90.6 cm³/mol. The van der Waals surface area contributed by atoms with Crippen molar-refractivity contribution in [3.05, 3.63) is 36.4 Å². The van der Waals surface area contributed by atoms with Gasteiger partial charge in [0.05, 0.1) is 13.6 Å². The van der Waals surface area contributed by atoms with Crippen LogP contribution in [0.2, 0.25) is 0 Å². The minimum absolute atomic E-state index is 0.105. The molecule has 130 valence electrons. The number of nitrogens with zero attached hydrogens (tertiary/aromatic N) is 7. The van der Waals surface area contributed by atoms with Gasteiger partial charge in [-0.3, -0.25) is 4.68 Å². The summed E-state index contributed by atoms with van der Waals surface area (Å²) in [7, 11) is 1.70. The molecular formula is C15H19N9O. The number of nitrogens with one attached hydrogen (secondary N) is 2. The van der Waals surface area contributed by atoms with Gasteiger partial charge in [0.15, 0.2) is 0 Å². The lowest BCUT2D eigenvalue weighted by Crippen LogP contribution is -2.38. The number of hydrogen-bond acceptors (Lipinski definition) is 6. The molecule has 0 aliphatic carbocycles. The molecule has 2 amide bonds. The summed E-state index contributed by atoms with van der Waals surface area (Å²) in [5.41, 5.74) is 2.41. The zero-order chi connectivity index (χ0) is 17.8. The third-order valence-corrected chi connectivity index (χ3v) is 3.56. The molecule has 25 heavy (non-hydrogen) atoms. The van der Waals surface area contributed by atoms with Gasteiger partial charge in [-0.15, -0.1) is 10.2 Å². The second-order valence-corrected chi connectivity index (χ2v) is 5.75. The van der Waals surface area contributed by atoms with Crippen LogP contribution in [0.1, 0.15) is 12.5 Å². The number of urea groups is 1. The van der Waals surface area contributed by atoms with Crippen LogP contribution in [-0.4, -0.2) is 47.0 Å². The molecule has 0 saturated carbocycles. The first-order valence-corrected chi connectivity index (χ1v) is 7.76. The fraction of sp³-hybridized carbons (Fsp3) is 0.333. The molecular weight excluding hydrogens is 322 g/mol. The van der Waals surface area contributed by atoms with Crippen molar-refractivity contribution in [1.29, 1.82) is 0 Å². The molecule has 0 fully saturated rings. The molecule has 0 spiro atoms. The van der Waals surface area contributed by atoms with Crippen LogP contribution in [0.5, 0.6) is 0 Å². The topological polar surface area (TPSA) is 115 Å². The van der Waals surface area contributed by atoms with Gasteiger partial charge in [0.2, 0.25) is 5.82 Å². The quantitative estimate of drug-likeness (QED) is 0.715. The standard InChI is InChI=1S/C15H19N9O/c1-10-4-5-12(14-20-22-23(3)21-14)6-13(10)19-15(25)18-11(2)7-24-9-16-8-17-24/h4-6,8-9,11H,7H2,1-3H3,(H2,18,19,25). The Hall–Kier alpha value is -3.30. The van der Waals surface area contributed by atoms with Gasteiger partial charge in [-0.05, 0) is 30.7 Å². The van der Waals surface area contributed by atoms with E-state index in [9.17, 15) is 4.79 Å². The summed E-state index contributed by atoms with van der Waals surface area (Å²) >= 11 is 0. The minimum atomic E-state index is -0.292. The average Bonchev–Trinajstić information content (AvgIpc) is 3.21. The summed E-state index contributed by atoms with van der Waals surface area (Å²) in [6.07, 6.45) is 3.07. The van der Waals surface area contributed by atoms with Gasteiger partial charge in [-0.2, -0.15) is 9.90 Å². The highest BCUT2D eigenvalue weighted by molar-refractivity contribution is 5.91. The van der Waals surface area contributed by atoms with Crippen LogP contribution in [-0.2, 0) is 13.6 Å². The summed E-state index contributed by atoms with van der Waals surface area (Å²) in [6, 6.07) is 5.23. The van der Waals surface area contributed by atoms with Crippen molar-refractivity contribution in [3.63, 3.8) is 0 Å². The lowest BCUT2D eigenvalue weighted by Gasteiger charge is -2.15. The smallest absolute Gasteiger partial charge is 0.319 e. The maximum atomic E-state index is 12.2. The number of amides is 2. The Morgan fingerprint density at radius 1 is 1.36 bits per heavy atom. The summed E-state index contributed by atoms with van der Waals surface area (Å²) in [5.74, 6) is 0.505. The molecule has 3 aromatic rings. The SMILES string of the molecule is Cc1ccc(-c2nnn(C)n2)cc1NC(=O)NC(C)Cn1cncn1. The molecule has 10 nitrogen and oxygen atoms in total. The first-order chi connectivity index (χ1) is 12.0. The largest absolute Gasteiger partial charge is 0.334 e. The Morgan fingerprint density at radius 3 is 2.88 bits per heavy atom. The Bertz CT molecular complexity index is 856. The molecule has 1 atom stereocenters. The van der Waals surface area contributed by atoms with Crippen LogP contribution in [0.15, 0.2) is 30.9 Å². The van der Waals surface area contributed by atoms with E-state index >= 15 is 0 Å². The number of carbonyl (C=O) groups excluding carboxylic acids is 1. The number of aromatic nitrogens is 7. The number of tetrazole rings is 1. The van der Waals surface area contributed by atoms with E-state index in [1.54, 1.807) is 18.1 Å². The Morgan fingerprint density at radius 2 is 2.20 bits per heavy atom. The summed E-state index contributed by atoms with van der Waals surface area (Å²) in [5, 5.41) is 21.7. The lowest BCUT2D eigenvalue weighted by atomic mass is 10.1. The monoisotopic (exact) mass is 341 g/mol. The highest BCUT2D eigenvalue weighted by Gasteiger charge is 2.12. The molecule has 0 saturated heterocycles. The van der Waals surface area contributed by atoms with Crippen LogP contribution in [0.4, 0.5) is 10.5 Å². The van der Waals surface area contributed by atoms with E-state index < -0.39 is 0 Å². The van der Waals surface area contributed by atoms with Crippen molar-refractivity contribution < 1.29 is 4.79 Å². The first kappa shape index (κ1) is 16.6. The van der Waals surface area contributed by atoms with Crippen molar-refractivity contribution in [3.8, 4) is 11.4 Å². The second-order valence-electron chi connectivity index (χ2n) is 5.75. The highest BCUT2D eigenvalue weighted by Crippen LogP contribution is 2.22.